The van der Waals surface area contributed by atoms with E-state index in [0.29, 0.717) is 12.2 Å². The summed E-state index contributed by atoms with van der Waals surface area (Å²) in [5.74, 6) is 0.610. The van der Waals surface area contributed by atoms with E-state index >= 15 is 0 Å². The lowest BCUT2D eigenvalue weighted by Gasteiger charge is -2.07. The predicted octanol–water partition coefficient (Wildman–Crippen LogP) is 2.88. The summed E-state index contributed by atoms with van der Waals surface area (Å²) < 4.78 is 0. The summed E-state index contributed by atoms with van der Waals surface area (Å²) in [6, 6.07) is 15.5. The number of nitrogens with zero attached hydrogens (tertiary/aromatic N) is 1. The number of hydrogen-bond acceptors (Lipinski definition) is 3. The molecule has 0 spiro atoms. The fourth-order valence-electron chi connectivity index (χ4n) is 1.97. The molecule has 110 valence electrons. The number of amides is 1. The van der Waals surface area contributed by atoms with Crippen molar-refractivity contribution in [3.05, 3.63) is 59.8 Å². The average molecular weight is 283 g/mol. The second kappa shape index (κ2) is 8.04. The maximum absolute atomic E-state index is 12.1. The summed E-state index contributed by atoms with van der Waals surface area (Å²) in [5, 5.41) is 6.08. The molecule has 4 heteroatoms. The summed E-state index contributed by atoms with van der Waals surface area (Å²) in [7, 11) is 0. The molecule has 0 aliphatic heterocycles. The summed E-state index contributed by atoms with van der Waals surface area (Å²) in [4.78, 5) is 16.4. The molecule has 0 saturated carbocycles. The van der Waals surface area contributed by atoms with Gasteiger partial charge in [0.15, 0.2) is 0 Å². The Hall–Kier alpha value is -2.36. The second-order valence-corrected chi connectivity index (χ2v) is 4.83. The lowest BCUT2D eigenvalue weighted by molar-refractivity contribution is 0.0949. The van der Waals surface area contributed by atoms with Gasteiger partial charge in [-0.05, 0) is 30.5 Å². The van der Waals surface area contributed by atoms with Crippen molar-refractivity contribution in [2.75, 3.05) is 18.4 Å². The number of rotatable bonds is 7. The molecule has 1 amide bonds. The van der Waals surface area contributed by atoms with Crippen molar-refractivity contribution in [2.45, 2.75) is 19.8 Å². The van der Waals surface area contributed by atoms with Gasteiger partial charge in [-0.25, -0.2) is 4.98 Å². The Labute approximate surface area is 125 Å². The number of pyridine rings is 1. The Bertz CT molecular complexity index is 569. The molecule has 1 aromatic heterocycles. The minimum atomic E-state index is -0.133. The van der Waals surface area contributed by atoms with Crippen molar-refractivity contribution in [1.29, 1.82) is 0 Å². The topological polar surface area (TPSA) is 54.0 Å². The molecule has 0 radical (unpaired) electrons. The number of benzene rings is 1. The number of nitrogens with one attached hydrogen (secondary N) is 2. The van der Waals surface area contributed by atoms with Gasteiger partial charge in [-0.1, -0.05) is 43.3 Å². The summed E-state index contributed by atoms with van der Waals surface area (Å²) in [6.45, 7) is 3.55. The van der Waals surface area contributed by atoms with Gasteiger partial charge in [0.1, 0.15) is 11.5 Å². The standard InChI is InChI=1S/C17H21N3O/c1-2-12-18-16-10-6-9-15(20-16)17(21)19-13-11-14-7-4-3-5-8-14/h3-10H,2,11-13H2,1H3,(H,18,20)(H,19,21). The Morgan fingerprint density at radius 3 is 2.62 bits per heavy atom. The lowest BCUT2D eigenvalue weighted by atomic mass is 10.1. The summed E-state index contributed by atoms with van der Waals surface area (Å²) in [6.07, 6.45) is 1.84. The quantitative estimate of drug-likeness (QED) is 0.821. The van der Waals surface area contributed by atoms with Crippen molar-refractivity contribution in [3.63, 3.8) is 0 Å². The number of aromatic nitrogens is 1. The molecule has 0 fully saturated rings. The van der Waals surface area contributed by atoms with E-state index in [2.05, 4.69) is 34.7 Å². The van der Waals surface area contributed by atoms with E-state index in [-0.39, 0.29) is 5.91 Å². The zero-order valence-electron chi connectivity index (χ0n) is 12.3. The van der Waals surface area contributed by atoms with Crippen LogP contribution < -0.4 is 10.6 Å². The first-order valence-corrected chi connectivity index (χ1v) is 7.32. The molecule has 1 heterocycles. The number of carbonyl (C=O) groups excluding carboxylic acids is 1. The molecule has 0 bridgehead atoms. The fraction of sp³-hybridized carbons (Fsp3) is 0.294. The van der Waals surface area contributed by atoms with Gasteiger partial charge >= 0.3 is 0 Å². The van der Waals surface area contributed by atoms with Crippen LogP contribution in [-0.2, 0) is 6.42 Å². The zero-order valence-corrected chi connectivity index (χ0v) is 12.3. The van der Waals surface area contributed by atoms with Crippen molar-refractivity contribution in [1.82, 2.24) is 10.3 Å². The van der Waals surface area contributed by atoms with E-state index < -0.39 is 0 Å². The highest BCUT2D eigenvalue weighted by atomic mass is 16.1. The van der Waals surface area contributed by atoms with Gasteiger partial charge in [-0.3, -0.25) is 4.79 Å². The molecule has 2 N–H and O–H groups in total. The van der Waals surface area contributed by atoms with Crippen molar-refractivity contribution in [2.24, 2.45) is 0 Å². The normalized spacial score (nSPS) is 10.1. The Balaban J connectivity index is 1.85. The highest BCUT2D eigenvalue weighted by Crippen LogP contribution is 2.05. The Kier molecular flexibility index (Phi) is 5.76. The second-order valence-electron chi connectivity index (χ2n) is 4.83. The number of hydrogen-bond donors (Lipinski definition) is 2. The molecule has 0 saturated heterocycles. The number of anilines is 1. The van der Waals surface area contributed by atoms with E-state index in [0.717, 1.165) is 25.2 Å². The van der Waals surface area contributed by atoms with Gasteiger partial charge < -0.3 is 10.6 Å². The van der Waals surface area contributed by atoms with Gasteiger partial charge in [0, 0.05) is 13.1 Å². The molecule has 0 aliphatic rings. The summed E-state index contributed by atoms with van der Waals surface area (Å²) >= 11 is 0. The SMILES string of the molecule is CCCNc1cccc(C(=O)NCCc2ccccc2)n1. The maximum atomic E-state index is 12.1. The van der Waals surface area contributed by atoms with Crippen LogP contribution in [0.2, 0.25) is 0 Å². The van der Waals surface area contributed by atoms with E-state index in [9.17, 15) is 4.79 Å². The molecule has 4 nitrogen and oxygen atoms in total. The van der Waals surface area contributed by atoms with Crippen LogP contribution >= 0.6 is 0 Å². The maximum Gasteiger partial charge on any atom is 0.269 e. The van der Waals surface area contributed by atoms with Crippen LogP contribution in [0.25, 0.3) is 0 Å². The van der Waals surface area contributed by atoms with Crippen LogP contribution in [-0.4, -0.2) is 24.0 Å². The van der Waals surface area contributed by atoms with Gasteiger partial charge in [0.2, 0.25) is 0 Å². The Morgan fingerprint density at radius 1 is 1.05 bits per heavy atom. The molecular weight excluding hydrogens is 262 g/mol. The van der Waals surface area contributed by atoms with Crippen LogP contribution in [0, 0.1) is 0 Å². The van der Waals surface area contributed by atoms with Crippen LogP contribution in [0.1, 0.15) is 29.4 Å². The first kappa shape index (κ1) is 15.0. The molecule has 21 heavy (non-hydrogen) atoms. The molecule has 2 rings (SSSR count). The van der Waals surface area contributed by atoms with Crippen LogP contribution in [0.15, 0.2) is 48.5 Å². The van der Waals surface area contributed by atoms with Crippen molar-refractivity contribution < 1.29 is 4.79 Å². The first-order valence-electron chi connectivity index (χ1n) is 7.32. The van der Waals surface area contributed by atoms with E-state index in [1.807, 2.05) is 30.3 Å². The van der Waals surface area contributed by atoms with Crippen LogP contribution in [0.3, 0.4) is 0 Å². The highest BCUT2D eigenvalue weighted by Gasteiger charge is 2.07. The van der Waals surface area contributed by atoms with Gasteiger partial charge in [-0.2, -0.15) is 0 Å². The van der Waals surface area contributed by atoms with Gasteiger partial charge in [-0.15, -0.1) is 0 Å². The van der Waals surface area contributed by atoms with E-state index in [4.69, 9.17) is 0 Å². The third-order valence-corrected chi connectivity index (χ3v) is 3.08. The van der Waals surface area contributed by atoms with Crippen LogP contribution in [0.4, 0.5) is 5.82 Å². The first-order chi connectivity index (χ1) is 10.3. The monoisotopic (exact) mass is 283 g/mol. The van der Waals surface area contributed by atoms with Crippen LogP contribution in [0.5, 0.6) is 0 Å². The number of carbonyl (C=O) groups is 1. The van der Waals surface area contributed by atoms with E-state index in [1.165, 1.54) is 5.56 Å². The molecule has 1 aromatic carbocycles. The molecular formula is C17H21N3O. The third-order valence-electron chi connectivity index (χ3n) is 3.08. The zero-order chi connectivity index (χ0) is 14.9. The smallest absolute Gasteiger partial charge is 0.269 e. The van der Waals surface area contributed by atoms with Gasteiger partial charge in [0.25, 0.3) is 5.91 Å². The van der Waals surface area contributed by atoms with Crippen molar-refractivity contribution in [3.8, 4) is 0 Å². The minimum Gasteiger partial charge on any atom is -0.370 e. The largest absolute Gasteiger partial charge is 0.370 e. The molecule has 2 aromatic rings. The van der Waals surface area contributed by atoms with Crippen molar-refractivity contribution >= 4 is 11.7 Å². The molecule has 0 aliphatic carbocycles. The highest BCUT2D eigenvalue weighted by molar-refractivity contribution is 5.92. The predicted molar refractivity (Wildman–Crippen MR) is 85.5 cm³/mol. The minimum absolute atomic E-state index is 0.133. The summed E-state index contributed by atoms with van der Waals surface area (Å²) in [5.41, 5.74) is 1.66. The molecule has 0 unspecified atom stereocenters. The van der Waals surface area contributed by atoms with E-state index in [1.54, 1.807) is 6.07 Å². The third kappa shape index (κ3) is 4.91. The average Bonchev–Trinajstić information content (AvgIpc) is 2.54. The van der Waals surface area contributed by atoms with Gasteiger partial charge in [0.05, 0.1) is 0 Å². The fourth-order valence-corrected chi connectivity index (χ4v) is 1.97. The lowest BCUT2D eigenvalue weighted by Crippen LogP contribution is -2.26. The Morgan fingerprint density at radius 2 is 1.86 bits per heavy atom. The molecule has 0 atom stereocenters.